The molecule has 1 atom stereocenters. The van der Waals surface area contributed by atoms with E-state index in [2.05, 4.69) is 25.7 Å². The number of anilines is 2. The Hall–Kier alpha value is -2.52. The highest BCUT2D eigenvalue weighted by atomic mass is 35.5. The molecule has 0 radical (unpaired) electrons. The predicted octanol–water partition coefficient (Wildman–Crippen LogP) is 3.61. The van der Waals surface area contributed by atoms with Gasteiger partial charge >= 0.3 is 0 Å². The van der Waals surface area contributed by atoms with Crippen LogP contribution in [0.4, 0.5) is 11.5 Å². The molecular formula is C22H28ClN5O3S. The third-order valence-corrected chi connectivity index (χ3v) is 6.29. The van der Waals surface area contributed by atoms with Crippen LogP contribution in [-0.4, -0.2) is 54.5 Å². The monoisotopic (exact) mass is 477 g/mol. The van der Waals surface area contributed by atoms with Gasteiger partial charge in [-0.3, -0.25) is 9.59 Å². The van der Waals surface area contributed by atoms with Crippen molar-refractivity contribution in [2.24, 2.45) is 5.92 Å². The van der Waals surface area contributed by atoms with Crippen molar-refractivity contribution in [1.82, 2.24) is 15.5 Å². The van der Waals surface area contributed by atoms with Crippen molar-refractivity contribution in [3.8, 4) is 5.75 Å². The molecule has 1 aliphatic heterocycles. The molecule has 1 saturated heterocycles. The van der Waals surface area contributed by atoms with Gasteiger partial charge in [0.15, 0.2) is 5.82 Å². The number of amides is 2. The topological polar surface area (TPSA) is 96.5 Å². The lowest BCUT2D eigenvalue weighted by molar-refractivity contribution is -0.125. The molecule has 3 rings (SSSR count). The Morgan fingerprint density at radius 2 is 2.12 bits per heavy atom. The Labute approximate surface area is 197 Å². The first-order valence-electron chi connectivity index (χ1n) is 10.6. The van der Waals surface area contributed by atoms with E-state index in [0.29, 0.717) is 34.6 Å². The van der Waals surface area contributed by atoms with Crippen molar-refractivity contribution in [3.05, 3.63) is 35.4 Å². The second-order valence-corrected chi connectivity index (χ2v) is 8.89. The van der Waals surface area contributed by atoms with Crippen LogP contribution in [0.25, 0.3) is 0 Å². The molecule has 1 fully saturated rings. The zero-order valence-corrected chi connectivity index (χ0v) is 19.8. The molecule has 2 heterocycles. The lowest BCUT2D eigenvalue weighted by atomic mass is 9.97. The number of rotatable bonds is 9. The van der Waals surface area contributed by atoms with Gasteiger partial charge in [0.2, 0.25) is 11.8 Å². The molecule has 32 heavy (non-hydrogen) atoms. The highest BCUT2D eigenvalue weighted by Crippen LogP contribution is 2.27. The Balaban J connectivity index is 1.49. The number of carbonyl (C=O) groups excluding carboxylic acids is 2. The van der Waals surface area contributed by atoms with Gasteiger partial charge in [-0.25, -0.2) is 0 Å². The summed E-state index contributed by atoms with van der Waals surface area (Å²) in [5.41, 5.74) is 0.602. The Bertz CT molecular complexity index is 928. The fraction of sp³-hybridized carbons (Fsp3) is 0.455. The van der Waals surface area contributed by atoms with Gasteiger partial charge in [0.05, 0.1) is 23.8 Å². The maximum atomic E-state index is 12.3. The van der Waals surface area contributed by atoms with Crippen molar-refractivity contribution in [3.63, 3.8) is 0 Å². The molecule has 2 amide bonds. The summed E-state index contributed by atoms with van der Waals surface area (Å²) in [5, 5.41) is 15.4. The zero-order valence-electron chi connectivity index (χ0n) is 18.3. The summed E-state index contributed by atoms with van der Waals surface area (Å²) >= 11 is 7.39. The SMILES string of the molecule is CCCNC(=O)[C@@H]1CCCN(c2ccc(SCC(=O)Nc3ccc(OC)c(Cl)c3)nn2)C1. The van der Waals surface area contributed by atoms with Gasteiger partial charge in [0, 0.05) is 25.3 Å². The van der Waals surface area contributed by atoms with E-state index >= 15 is 0 Å². The average molecular weight is 478 g/mol. The number of thioether (sulfide) groups is 1. The first-order valence-corrected chi connectivity index (χ1v) is 12.0. The van der Waals surface area contributed by atoms with Crippen molar-refractivity contribution < 1.29 is 14.3 Å². The number of nitrogens with zero attached hydrogens (tertiary/aromatic N) is 3. The fourth-order valence-electron chi connectivity index (χ4n) is 3.43. The van der Waals surface area contributed by atoms with Crippen LogP contribution in [0.5, 0.6) is 5.75 Å². The standard InChI is InChI=1S/C22H28ClN5O3S/c1-3-10-24-22(30)15-5-4-11-28(13-15)19-8-9-21(27-26-19)32-14-20(29)25-16-6-7-18(31-2)17(23)12-16/h6-9,12,15H,3-5,10-11,13-14H2,1-2H3,(H,24,30)(H,25,29)/t15-/m1/s1. The molecule has 0 spiro atoms. The van der Waals surface area contributed by atoms with Gasteiger partial charge in [0.25, 0.3) is 0 Å². The number of nitrogens with one attached hydrogen (secondary N) is 2. The van der Waals surface area contributed by atoms with Crippen LogP contribution < -0.4 is 20.3 Å². The normalized spacial score (nSPS) is 15.8. The molecule has 1 aromatic heterocycles. The van der Waals surface area contributed by atoms with Gasteiger partial charge in [-0.15, -0.1) is 10.2 Å². The molecule has 8 nitrogen and oxygen atoms in total. The summed E-state index contributed by atoms with van der Waals surface area (Å²) < 4.78 is 5.11. The predicted molar refractivity (Wildman–Crippen MR) is 128 cm³/mol. The summed E-state index contributed by atoms with van der Waals surface area (Å²) in [6, 6.07) is 8.82. The van der Waals surface area contributed by atoms with Crippen LogP contribution in [0.3, 0.4) is 0 Å². The van der Waals surface area contributed by atoms with E-state index in [0.717, 1.165) is 31.6 Å². The summed E-state index contributed by atoms with van der Waals surface area (Å²) in [4.78, 5) is 26.6. The summed E-state index contributed by atoms with van der Waals surface area (Å²) in [5.74, 6) is 1.41. The van der Waals surface area contributed by atoms with Crippen LogP contribution in [0, 0.1) is 5.92 Å². The minimum atomic E-state index is -0.168. The summed E-state index contributed by atoms with van der Waals surface area (Å²) in [6.07, 6.45) is 2.76. The van der Waals surface area contributed by atoms with E-state index in [9.17, 15) is 9.59 Å². The van der Waals surface area contributed by atoms with Gasteiger partial charge in [-0.05, 0) is 49.6 Å². The van der Waals surface area contributed by atoms with E-state index in [-0.39, 0.29) is 23.5 Å². The van der Waals surface area contributed by atoms with Crippen molar-refractivity contribution >= 4 is 46.7 Å². The van der Waals surface area contributed by atoms with Crippen molar-refractivity contribution in [2.75, 3.05) is 42.7 Å². The number of methoxy groups -OCH3 is 1. The molecule has 0 unspecified atom stereocenters. The molecule has 2 N–H and O–H groups in total. The number of halogens is 1. The third kappa shape index (κ3) is 6.74. The van der Waals surface area contributed by atoms with Crippen LogP contribution in [-0.2, 0) is 9.59 Å². The fourth-order valence-corrected chi connectivity index (χ4v) is 4.30. The van der Waals surface area contributed by atoms with Gasteiger partial charge in [0.1, 0.15) is 10.8 Å². The highest BCUT2D eigenvalue weighted by Gasteiger charge is 2.26. The van der Waals surface area contributed by atoms with E-state index in [1.165, 1.54) is 18.9 Å². The van der Waals surface area contributed by atoms with Crippen molar-refractivity contribution in [2.45, 2.75) is 31.2 Å². The first-order chi connectivity index (χ1) is 15.5. The lowest BCUT2D eigenvalue weighted by Crippen LogP contribution is -2.43. The number of piperidine rings is 1. The number of hydrogen-bond acceptors (Lipinski definition) is 7. The second kappa shape index (κ2) is 11.9. The van der Waals surface area contributed by atoms with Gasteiger partial charge in [-0.2, -0.15) is 0 Å². The highest BCUT2D eigenvalue weighted by molar-refractivity contribution is 7.99. The molecule has 1 aliphatic rings. The molecule has 0 bridgehead atoms. The summed E-state index contributed by atoms with van der Waals surface area (Å²) in [7, 11) is 1.54. The maximum Gasteiger partial charge on any atom is 0.234 e. The van der Waals surface area contributed by atoms with E-state index in [4.69, 9.17) is 16.3 Å². The smallest absolute Gasteiger partial charge is 0.234 e. The van der Waals surface area contributed by atoms with Crippen LogP contribution >= 0.6 is 23.4 Å². The third-order valence-electron chi connectivity index (χ3n) is 5.08. The molecule has 0 saturated carbocycles. The number of carbonyl (C=O) groups is 2. The Morgan fingerprint density at radius 3 is 2.81 bits per heavy atom. The van der Waals surface area contributed by atoms with Gasteiger partial charge in [-0.1, -0.05) is 30.3 Å². The molecule has 10 heteroatoms. The van der Waals surface area contributed by atoms with Crippen LogP contribution in [0.15, 0.2) is 35.4 Å². The summed E-state index contributed by atoms with van der Waals surface area (Å²) in [6.45, 7) is 4.25. The largest absolute Gasteiger partial charge is 0.495 e. The number of hydrogen-bond donors (Lipinski definition) is 2. The second-order valence-electron chi connectivity index (χ2n) is 7.49. The Morgan fingerprint density at radius 1 is 1.28 bits per heavy atom. The van der Waals surface area contributed by atoms with Crippen LogP contribution in [0.1, 0.15) is 26.2 Å². The number of aromatic nitrogens is 2. The maximum absolute atomic E-state index is 12.3. The average Bonchev–Trinajstić information content (AvgIpc) is 2.82. The molecule has 1 aromatic carbocycles. The Kier molecular flexibility index (Phi) is 8.99. The molecule has 172 valence electrons. The minimum Gasteiger partial charge on any atom is -0.495 e. The van der Waals surface area contributed by atoms with E-state index < -0.39 is 0 Å². The minimum absolute atomic E-state index is 0.0266. The van der Waals surface area contributed by atoms with Crippen molar-refractivity contribution in [1.29, 1.82) is 0 Å². The molecule has 0 aliphatic carbocycles. The quantitative estimate of drug-likeness (QED) is 0.532. The lowest BCUT2D eigenvalue weighted by Gasteiger charge is -2.32. The number of benzene rings is 1. The van der Waals surface area contributed by atoms with E-state index in [1.54, 1.807) is 18.2 Å². The van der Waals surface area contributed by atoms with E-state index in [1.807, 2.05) is 19.1 Å². The first kappa shape index (κ1) is 24.1. The molecular weight excluding hydrogens is 450 g/mol. The zero-order chi connectivity index (χ0) is 22.9. The number of ether oxygens (including phenoxy) is 1. The van der Waals surface area contributed by atoms with Gasteiger partial charge < -0.3 is 20.3 Å². The molecule has 2 aromatic rings. The van der Waals surface area contributed by atoms with Crippen LogP contribution in [0.2, 0.25) is 5.02 Å².